The Labute approximate surface area is 234 Å². The second kappa shape index (κ2) is 11.5. The highest BCUT2D eigenvalue weighted by atomic mass is 32.2. The van der Waals surface area contributed by atoms with Crippen molar-refractivity contribution in [3.05, 3.63) is 76.6 Å². The number of ether oxygens (including phenoxy) is 4. The van der Waals surface area contributed by atoms with Crippen molar-refractivity contribution in [1.82, 2.24) is 0 Å². The Morgan fingerprint density at radius 3 is 2.51 bits per heavy atom. The van der Waals surface area contributed by atoms with Crippen LogP contribution in [0.15, 0.2) is 42.5 Å². The third-order valence-electron chi connectivity index (χ3n) is 6.91. The number of sulfone groups is 1. The SMILES string of the molecule is CS(=O)(=O)CCCOc1c(F)cc(Oc2ccc(F)c3c2CCC3Oc2ccc3c(c2)OCC3CC(=O)O)cc1F. The molecule has 8 nitrogen and oxygen atoms in total. The average molecular weight is 593 g/mol. The maximum atomic E-state index is 15.0. The molecule has 3 aromatic carbocycles. The van der Waals surface area contributed by atoms with Crippen LogP contribution in [0.5, 0.6) is 28.7 Å². The van der Waals surface area contributed by atoms with Crippen LogP contribution < -0.4 is 18.9 Å². The van der Waals surface area contributed by atoms with E-state index in [1.807, 2.05) is 0 Å². The van der Waals surface area contributed by atoms with Crippen molar-refractivity contribution >= 4 is 15.8 Å². The summed E-state index contributed by atoms with van der Waals surface area (Å²) in [6.45, 7) is 0.0669. The van der Waals surface area contributed by atoms with Crippen molar-refractivity contribution in [1.29, 1.82) is 0 Å². The van der Waals surface area contributed by atoms with Crippen LogP contribution >= 0.6 is 0 Å². The molecule has 2 aliphatic rings. The molecule has 3 aromatic rings. The lowest BCUT2D eigenvalue weighted by Gasteiger charge is -2.17. The normalized spacial score (nSPS) is 17.5. The topological polar surface area (TPSA) is 108 Å². The first-order valence-electron chi connectivity index (χ1n) is 12.9. The zero-order valence-electron chi connectivity index (χ0n) is 22.0. The number of hydrogen-bond donors (Lipinski definition) is 1. The zero-order valence-corrected chi connectivity index (χ0v) is 22.8. The summed E-state index contributed by atoms with van der Waals surface area (Å²) in [5.74, 6) is -3.53. The monoisotopic (exact) mass is 592 g/mol. The van der Waals surface area contributed by atoms with Gasteiger partial charge in [0.25, 0.3) is 0 Å². The fourth-order valence-electron chi connectivity index (χ4n) is 5.09. The highest BCUT2D eigenvalue weighted by molar-refractivity contribution is 7.90. The Hall–Kier alpha value is -3.93. The number of carboxylic acids is 1. The summed E-state index contributed by atoms with van der Waals surface area (Å²) in [5.41, 5.74) is 1.56. The van der Waals surface area contributed by atoms with Crippen molar-refractivity contribution in [3.63, 3.8) is 0 Å². The number of carbonyl (C=O) groups is 1. The number of benzene rings is 3. The van der Waals surface area contributed by atoms with Crippen LogP contribution in [0.25, 0.3) is 0 Å². The summed E-state index contributed by atoms with van der Waals surface area (Å²) in [6, 6.07) is 9.56. The van der Waals surface area contributed by atoms with Crippen LogP contribution in [0.1, 0.15) is 48.0 Å². The van der Waals surface area contributed by atoms with Crippen LogP contribution in [0, 0.1) is 17.5 Å². The molecule has 2 atom stereocenters. The van der Waals surface area contributed by atoms with Gasteiger partial charge in [0, 0.05) is 47.1 Å². The molecule has 0 spiro atoms. The highest BCUT2D eigenvalue weighted by Crippen LogP contribution is 2.44. The van der Waals surface area contributed by atoms with Crippen molar-refractivity contribution in [2.45, 2.75) is 37.7 Å². The molecule has 5 rings (SSSR count). The maximum absolute atomic E-state index is 15.0. The van der Waals surface area contributed by atoms with Gasteiger partial charge in [0.1, 0.15) is 44.8 Å². The molecule has 218 valence electrons. The van der Waals surface area contributed by atoms with Gasteiger partial charge in [0.15, 0.2) is 17.4 Å². The molecule has 1 aliphatic carbocycles. The van der Waals surface area contributed by atoms with E-state index in [9.17, 15) is 26.4 Å². The van der Waals surface area contributed by atoms with Gasteiger partial charge < -0.3 is 24.1 Å². The van der Waals surface area contributed by atoms with Crippen LogP contribution in [-0.2, 0) is 21.1 Å². The lowest BCUT2D eigenvalue weighted by Crippen LogP contribution is -2.09. The molecule has 1 aliphatic heterocycles. The van der Waals surface area contributed by atoms with E-state index in [0.717, 1.165) is 24.0 Å². The first kappa shape index (κ1) is 28.6. The first-order chi connectivity index (χ1) is 19.5. The second-order valence-electron chi connectivity index (χ2n) is 10.0. The molecule has 12 heteroatoms. The van der Waals surface area contributed by atoms with Crippen molar-refractivity contribution in [3.8, 4) is 28.7 Å². The van der Waals surface area contributed by atoms with Gasteiger partial charge in [-0.2, -0.15) is 0 Å². The summed E-state index contributed by atoms with van der Waals surface area (Å²) < 4.78 is 89.2. The number of hydrogen-bond acceptors (Lipinski definition) is 7. The molecule has 0 saturated heterocycles. The van der Waals surface area contributed by atoms with Gasteiger partial charge in [0.05, 0.1) is 25.4 Å². The zero-order chi connectivity index (χ0) is 29.3. The lowest BCUT2D eigenvalue weighted by molar-refractivity contribution is -0.137. The van der Waals surface area contributed by atoms with Gasteiger partial charge in [-0.15, -0.1) is 0 Å². The van der Waals surface area contributed by atoms with Gasteiger partial charge in [-0.1, -0.05) is 6.07 Å². The average Bonchev–Trinajstić information content (AvgIpc) is 3.48. The molecule has 0 bridgehead atoms. The van der Waals surface area contributed by atoms with Crippen LogP contribution in [0.2, 0.25) is 0 Å². The van der Waals surface area contributed by atoms with Crippen LogP contribution in [-0.4, -0.2) is 44.7 Å². The number of fused-ring (bicyclic) bond motifs is 2. The molecule has 0 aromatic heterocycles. The molecule has 0 amide bonds. The number of halogens is 3. The lowest BCUT2D eigenvalue weighted by atomic mass is 9.98. The third kappa shape index (κ3) is 6.53. The van der Waals surface area contributed by atoms with Crippen molar-refractivity contribution in [2.24, 2.45) is 0 Å². The molecule has 1 N–H and O–H groups in total. The van der Waals surface area contributed by atoms with E-state index >= 15 is 0 Å². The van der Waals surface area contributed by atoms with Crippen molar-refractivity contribution in [2.75, 3.05) is 25.2 Å². The van der Waals surface area contributed by atoms with E-state index in [4.69, 9.17) is 24.1 Å². The van der Waals surface area contributed by atoms with E-state index in [0.29, 0.717) is 29.9 Å². The molecule has 0 radical (unpaired) electrons. The highest BCUT2D eigenvalue weighted by Gasteiger charge is 2.32. The molecule has 0 saturated carbocycles. The summed E-state index contributed by atoms with van der Waals surface area (Å²) in [7, 11) is -3.22. The van der Waals surface area contributed by atoms with E-state index in [-0.39, 0.29) is 54.8 Å². The predicted octanol–water partition coefficient (Wildman–Crippen LogP) is 5.73. The molecular formula is C29H27F3O8S. The predicted molar refractivity (Wildman–Crippen MR) is 141 cm³/mol. The van der Waals surface area contributed by atoms with Gasteiger partial charge in [-0.05, 0) is 37.5 Å². The van der Waals surface area contributed by atoms with Gasteiger partial charge in [-0.25, -0.2) is 21.6 Å². The smallest absolute Gasteiger partial charge is 0.304 e. The third-order valence-corrected chi connectivity index (χ3v) is 7.94. The summed E-state index contributed by atoms with van der Waals surface area (Å²) in [4.78, 5) is 11.1. The molecule has 1 heterocycles. The second-order valence-corrected chi connectivity index (χ2v) is 12.3. The van der Waals surface area contributed by atoms with E-state index < -0.39 is 45.1 Å². The molecular weight excluding hydrogens is 565 g/mol. The quantitative estimate of drug-likeness (QED) is 0.282. The van der Waals surface area contributed by atoms with Crippen LogP contribution in [0.3, 0.4) is 0 Å². The van der Waals surface area contributed by atoms with Gasteiger partial charge in [0.2, 0.25) is 0 Å². The van der Waals surface area contributed by atoms with E-state index in [1.54, 1.807) is 18.2 Å². The minimum atomic E-state index is -3.22. The Balaban J connectivity index is 1.30. The number of rotatable bonds is 11. The molecule has 41 heavy (non-hydrogen) atoms. The summed E-state index contributed by atoms with van der Waals surface area (Å²) >= 11 is 0. The Kier molecular flexibility index (Phi) is 8.03. The Morgan fingerprint density at radius 1 is 1.05 bits per heavy atom. The van der Waals surface area contributed by atoms with Gasteiger partial charge >= 0.3 is 5.97 Å². The summed E-state index contributed by atoms with van der Waals surface area (Å²) in [5, 5.41) is 9.09. The van der Waals surface area contributed by atoms with Gasteiger partial charge in [-0.3, -0.25) is 4.79 Å². The largest absolute Gasteiger partial charge is 0.492 e. The minimum absolute atomic E-state index is 0.0495. The number of carboxylic acid groups (broad SMARTS) is 1. The molecule has 0 fully saturated rings. The number of aliphatic carboxylic acids is 1. The minimum Gasteiger partial charge on any atom is -0.492 e. The fourth-order valence-corrected chi connectivity index (χ4v) is 5.73. The summed E-state index contributed by atoms with van der Waals surface area (Å²) in [6.07, 6.45) is 1.25. The maximum Gasteiger partial charge on any atom is 0.304 e. The Bertz CT molecular complexity index is 1570. The van der Waals surface area contributed by atoms with E-state index in [2.05, 4.69) is 0 Å². The first-order valence-corrected chi connectivity index (χ1v) is 15.0. The molecule has 2 unspecified atom stereocenters. The Morgan fingerprint density at radius 2 is 1.80 bits per heavy atom. The van der Waals surface area contributed by atoms with Crippen LogP contribution in [0.4, 0.5) is 13.2 Å². The van der Waals surface area contributed by atoms with Crippen molar-refractivity contribution < 1.29 is 50.4 Å². The fraction of sp³-hybridized carbons (Fsp3) is 0.345. The van der Waals surface area contributed by atoms with E-state index in [1.165, 1.54) is 12.1 Å². The standard InChI is InChI=1S/C29H27F3O8S/c1-41(35,36)10-2-9-37-29-22(31)12-18(13-23(29)32)40-24-8-6-21(30)28-20(24)5-7-25(28)39-17-3-4-19-16(11-27(33)34)15-38-26(19)14-17/h3-4,6,8,12-14,16,25H,2,5,7,9-11,15H2,1H3,(H,33,34).